The quantitative estimate of drug-likeness (QED) is 0.567. The molecule has 1 amide bonds. The van der Waals surface area contributed by atoms with E-state index >= 15 is 0 Å². The molecule has 10 nitrogen and oxygen atoms in total. The third kappa shape index (κ3) is 5.36. The zero-order valence-electron chi connectivity index (χ0n) is 22.2. The number of halogens is 3. The van der Waals surface area contributed by atoms with E-state index in [0.717, 1.165) is 56.0 Å². The summed E-state index contributed by atoms with van der Waals surface area (Å²) in [6, 6.07) is 5.03. The van der Waals surface area contributed by atoms with E-state index in [2.05, 4.69) is 42.0 Å². The van der Waals surface area contributed by atoms with Crippen LogP contribution in [0.2, 0.25) is 0 Å². The highest BCUT2D eigenvalue weighted by molar-refractivity contribution is 7.94. The first-order valence-corrected chi connectivity index (χ1v) is 15.4. The number of carbonyl (C=O) groups is 1. The summed E-state index contributed by atoms with van der Waals surface area (Å²) < 4.78 is 60.1. The molecule has 5 heterocycles. The van der Waals surface area contributed by atoms with Crippen molar-refractivity contribution in [2.45, 2.75) is 44.5 Å². The summed E-state index contributed by atoms with van der Waals surface area (Å²) in [4.78, 5) is 24.6. The van der Waals surface area contributed by atoms with Gasteiger partial charge < -0.3 is 20.3 Å². The molecule has 14 heteroatoms. The van der Waals surface area contributed by atoms with E-state index in [9.17, 15) is 22.2 Å². The van der Waals surface area contributed by atoms with E-state index in [1.807, 2.05) is 11.8 Å². The smallest absolute Gasteiger partial charge is 0.474 e. The lowest BCUT2D eigenvalue weighted by Crippen LogP contribution is -2.58. The highest BCUT2D eigenvalue weighted by Crippen LogP contribution is 2.41. The minimum Gasteiger partial charge on any atom is -0.486 e. The van der Waals surface area contributed by atoms with Crippen LogP contribution in [0, 0.1) is 6.92 Å². The Morgan fingerprint density at radius 3 is 2.50 bits per heavy atom. The maximum atomic E-state index is 12.8. The molecule has 2 N–H and O–H groups in total. The molecule has 3 saturated heterocycles. The van der Waals surface area contributed by atoms with Gasteiger partial charge in [0.2, 0.25) is 0 Å². The Kier molecular flexibility index (Phi) is 7.11. The molecule has 4 aliphatic rings. The predicted octanol–water partition coefficient (Wildman–Crippen LogP) is 2.95. The van der Waals surface area contributed by atoms with Crippen LogP contribution in [0.15, 0.2) is 22.8 Å². The van der Waals surface area contributed by atoms with E-state index < -0.39 is 21.8 Å². The lowest BCUT2D eigenvalue weighted by molar-refractivity contribution is -0.169. The van der Waals surface area contributed by atoms with Gasteiger partial charge in [0.25, 0.3) is 0 Å². The molecule has 0 unspecified atom stereocenters. The third-order valence-electron chi connectivity index (χ3n) is 8.26. The molecule has 0 atom stereocenters. The molecule has 0 bridgehead atoms. The fourth-order valence-electron chi connectivity index (χ4n) is 5.87. The highest BCUT2D eigenvalue weighted by atomic mass is 32.2. The van der Waals surface area contributed by atoms with Crippen LogP contribution in [0.5, 0.6) is 5.75 Å². The number of hydrogen-bond donors (Lipinski definition) is 2. The van der Waals surface area contributed by atoms with Gasteiger partial charge in [-0.2, -0.15) is 17.5 Å². The molecule has 1 aromatic carbocycles. The Balaban J connectivity index is 1.19. The van der Waals surface area contributed by atoms with Crippen LogP contribution in [-0.4, -0.2) is 88.0 Å². The minimum absolute atomic E-state index is 0.142. The SMILES string of the molecule is Cc1cc(C2CCN(C3CNC3)CC2)cc2c1OCc1c(ncnc1N1CCS(=O)(=NC(=O)C(F)(F)F)CC1)N2. The zero-order chi connectivity index (χ0) is 28.1. The number of ether oxygens (including phenoxy) is 1. The van der Waals surface area contributed by atoms with E-state index in [-0.39, 0.29) is 31.2 Å². The maximum absolute atomic E-state index is 12.8. The number of aryl methyl sites for hydroxylation is 1. The standard InChI is InChI=1S/C26H32F3N7O3S/c1-16-10-18(17-2-4-35(5-3-17)19-12-30-13-19)11-21-22(16)39-14-20-23(33-21)31-15-32-24(20)36-6-8-40(38,9-7-36)34-25(37)26(27,28)29/h10-11,15,17,19,30H,2-9,12-14H2,1H3,(H,31,32,33). The third-order valence-corrected chi connectivity index (χ3v) is 10.4. The molecule has 216 valence electrons. The van der Waals surface area contributed by atoms with Crippen molar-refractivity contribution < 1.29 is 26.9 Å². The normalized spacial score (nSPS) is 21.8. The molecule has 1 aromatic heterocycles. The van der Waals surface area contributed by atoms with Crippen molar-refractivity contribution in [1.82, 2.24) is 20.2 Å². The number of benzene rings is 1. The first-order valence-electron chi connectivity index (χ1n) is 13.5. The second-order valence-corrected chi connectivity index (χ2v) is 13.4. The summed E-state index contributed by atoms with van der Waals surface area (Å²) in [5.74, 6) is -0.261. The Hall–Kier alpha value is -2.97. The Morgan fingerprint density at radius 1 is 1.12 bits per heavy atom. The van der Waals surface area contributed by atoms with Crippen LogP contribution in [-0.2, 0) is 21.1 Å². The average Bonchev–Trinajstić information content (AvgIpc) is 3.07. The van der Waals surface area contributed by atoms with Crippen LogP contribution in [0.3, 0.4) is 0 Å². The van der Waals surface area contributed by atoms with Crippen molar-refractivity contribution in [3.8, 4) is 5.75 Å². The lowest BCUT2D eigenvalue weighted by Gasteiger charge is -2.42. The molecular formula is C26H32F3N7O3S. The van der Waals surface area contributed by atoms with Crippen molar-refractivity contribution in [1.29, 1.82) is 0 Å². The van der Waals surface area contributed by atoms with Gasteiger partial charge in [-0.3, -0.25) is 9.69 Å². The lowest BCUT2D eigenvalue weighted by atomic mass is 9.87. The van der Waals surface area contributed by atoms with E-state index in [1.165, 1.54) is 11.9 Å². The number of amides is 1. The van der Waals surface area contributed by atoms with Gasteiger partial charge in [0, 0.05) is 43.7 Å². The predicted molar refractivity (Wildman–Crippen MR) is 145 cm³/mol. The van der Waals surface area contributed by atoms with Gasteiger partial charge in [0.1, 0.15) is 30.3 Å². The van der Waals surface area contributed by atoms with Crippen molar-refractivity contribution in [3.63, 3.8) is 0 Å². The van der Waals surface area contributed by atoms with Crippen LogP contribution in [0.4, 0.5) is 30.5 Å². The highest BCUT2D eigenvalue weighted by Gasteiger charge is 2.40. The molecule has 0 aliphatic carbocycles. The second-order valence-electron chi connectivity index (χ2n) is 10.8. The maximum Gasteiger partial charge on any atom is 0.474 e. The first kappa shape index (κ1) is 27.2. The molecule has 4 aliphatic heterocycles. The van der Waals surface area contributed by atoms with Crippen molar-refractivity contribution in [3.05, 3.63) is 35.2 Å². The molecule has 3 fully saturated rings. The fourth-order valence-corrected chi connectivity index (χ4v) is 7.67. The first-order chi connectivity index (χ1) is 19.1. The molecule has 2 aromatic rings. The second kappa shape index (κ2) is 10.5. The number of nitrogens with one attached hydrogen (secondary N) is 2. The number of piperidine rings is 1. The van der Waals surface area contributed by atoms with Gasteiger partial charge in [-0.15, -0.1) is 0 Å². The largest absolute Gasteiger partial charge is 0.486 e. The molecule has 6 rings (SSSR count). The molecular weight excluding hydrogens is 547 g/mol. The number of hydrogen-bond acceptors (Lipinski definition) is 9. The zero-order valence-corrected chi connectivity index (χ0v) is 23.0. The number of likely N-dealkylation sites (tertiary alicyclic amines) is 1. The number of rotatable bonds is 3. The number of fused-ring (bicyclic) bond motifs is 2. The van der Waals surface area contributed by atoms with Crippen LogP contribution in [0.1, 0.15) is 35.4 Å². The van der Waals surface area contributed by atoms with E-state index in [1.54, 1.807) is 0 Å². The fraction of sp³-hybridized carbons (Fsp3) is 0.577. The number of aromatic nitrogens is 2. The Labute approximate surface area is 230 Å². The number of anilines is 3. The number of nitrogens with zero attached hydrogens (tertiary/aromatic N) is 5. The van der Waals surface area contributed by atoms with E-state index in [4.69, 9.17) is 4.74 Å². The summed E-state index contributed by atoms with van der Waals surface area (Å²) >= 11 is 0. The Morgan fingerprint density at radius 2 is 1.85 bits per heavy atom. The molecule has 40 heavy (non-hydrogen) atoms. The molecule has 0 spiro atoms. The van der Waals surface area contributed by atoms with E-state index in [0.29, 0.717) is 29.2 Å². The van der Waals surface area contributed by atoms with Crippen molar-refractivity contribution >= 4 is 33.0 Å². The van der Waals surface area contributed by atoms with Crippen molar-refractivity contribution in [2.75, 3.05) is 61.0 Å². The summed E-state index contributed by atoms with van der Waals surface area (Å²) in [5, 5.41) is 6.79. The summed E-state index contributed by atoms with van der Waals surface area (Å²) in [6.45, 7) is 6.86. The molecule has 0 radical (unpaired) electrons. The summed E-state index contributed by atoms with van der Waals surface area (Å²) in [5.41, 5.74) is 3.86. The molecule has 0 saturated carbocycles. The minimum atomic E-state index is -5.13. The Bertz CT molecular complexity index is 1420. The van der Waals surface area contributed by atoms with Gasteiger partial charge in [-0.1, -0.05) is 6.07 Å². The van der Waals surface area contributed by atoms with Crippen LogP contribution >= 0.6 is 0 Å². The van der Waals surface area contributed by atoms with Crippen molar-refractivity contribution in [2.24, 2.45) is 4.36 Å². The number of carbonyl (C=O) groups excluding carboxylic acids is 1. The van der Waals surface area contributed by atoms with Crippen LogP contribution < -0.4 is 20.3 Å². The van der Waals surface area contributed by atoms with Crippen LogP contribution in [0.25, 0.3) is 0 Å². The average molecular weight is 580 g/mol. The van der Waals surface area contributed by atoms with Gasteiger partial charge >= 0.3 is 12.1 Å². The monoisotopic (exact) mass is 579 g/mol. The van der Waals surface area contributed by atoms with Gasteiger partial charge in [0.05, 0.1) is 21.0 Å². The summed E-state index contributed by atoms with van der Waals surface area (Å²) in [6.07, 6.45) is -1.49. The van der Waals surface area contributed by atoms with Gasteiger partial charge in [-0.05, 0) is 56.0 Å². The topological polar surface area (TPSA) is 112 Å². The number of alkyl halides is 3. The van der Waals surface area contributed by atoms with Gasteiger partial charge in [-0.25, -0.2) is 14.2 Å². The van der Waals surface area contributed by atoms with Gasteiger partial charge in [0.15, 0.2) is 0 Å². The summed E-state index contributed by atoms with van der Waals surface area (Å²) in [7, 11) is -3.30.